The minimum absolute atomic E-state index is 0.00864. The van der Waals surface area contributed by atoms with Crippen LogP contribution in [0.3, 0.4) is 0 Å². The van der Waals surface area contributed by atoms with Crippen LogP contribution in [0.15, 0.2) is 47.6 Å². The van der Waals surface area contributed by atoms with Crippen molar-refractivity contribution in [1.29, 1.82) is 0 Å². The van der Waals surface area contributed by atoms with Crippen LogP contribution in [0.25, 0.3) is 0 Å². The number of methoxy groups -OCH3 is 1. The number of hydrogen-bond acceptors (Lipinski definition) is 4. The van der Waals surface area contributed by atoms with E-state index in [4.69, 9.17) is 9.84 Å². The monoisotopic (exact) mass is 393 g/mol. The third-order valence-electron chi connectivity index (χ3n) is 5.61. The average Bonchev–Trinajstić information content (AvgIpc) is 3.15. The highest BCUT2D eigenvalue weighted by molar-refractivity contribution is 6.04. The van der Waals surface area contributed by atoms with Crippen molar-refractivity contribution < 1.29 is 9.53 Å². The van der Waals surface area contributed by atoms with Crippen LogP contribution in [0.1, 0.15) is 48.6 Å². The van der Waals surface area contributed by atoms with E-state index in [1.807, 2.05) is 36.2 Å². The smallest absolute Gasteiger partial charge is 0.257 e. The zero-order chi connectivity index (χ0) is 21.1. The van der Waals surface area contributed by atoms with Gasteiger partial charge in [-0.3, -0.25) is 9.69 Å². The number of benzene rings is 2. The fourth-order valence-corrected chi connectivity index (χ4v) is 3.53. The van der Waals surface area contributed by atoms with Crippen LogP contribution in [-0.2, 0) is 4.79 Å². The van der Waals surface area contributed by atoms with Crippen molar-refractivity contribution >= 4 is 11.6 Å². The van der Waals surface area contributed by atoms with Gasteiger partial charge in [0.1, 0.15) is 5.75 Å². The second kappa shape index (κ2) is 8.78. The van der Waals surface area contributed by atoms with E-state index >= 15 is 0 Å². The number of hydrazone groups is 1. The molecule has 0 bridgehead atoms. The third-order valence-corrected chi connectivity index (χ3v) is 5.61. The molecule has 1 aliphatic rings. The molecular formula is C24H31N3O2. The highest BCUT2D eigenvalue weighted by atomic mass is 16.5. The van der Waals surface area contributed by atoms with Gasteiger partial charge in [0.25, 0.3) is 5.91 Å². The van der Waals surface area contributed by atoms with Crippen LogP contribution in [0, 0.1) is 13.8 Å². The molecule has 154 valence electrons. The van der Waals surface area contributed by atoms with Crippen LogP contribution >= 0.6 is 0 Å². The van der Waals surface area contributed by atoms with Gasteiger partial charge in [-0.05, 0) is 64.1 Å². The summed E-state index contributed by atoms with van der Waals surface area (Å²) < 4.78 is 5.40. The molecule has 0 fully saturated rings. The van der Waals surface area contributed by atoms with Crippen LogP contribution < -0.4 is 4.74 Å². The lowest BCUT2D eigenvalue weighted by atomic mass is 9.95. The maximum atomic E-state index is 13.2. The van der Waals surface area contributed by atoms with Gasteiger partial charge in [0.05, 0.1) is 25.4 Å². The van der Waals surface area contributed by atoms with E-state index in [2.05, 4.69) is 45.9 Å². The summed E-state index contributed by atoms with van der Waals surface area (Å²) >= 11 is 0. The SMILES string of the molecule is COc1cccc([C@@H]2CC(c3cc(C)ccc3C)=NN2C(=O)CN(C)C(C)C)c1. The summed E-state index contributed by atoms with van der Waals surface area (Å²) in [6, 6.07) is 14.5. The molecule has 5 nitrogen and oxygen atoms in total. The van der Waals surface area contributed by atoms with Gasteiger partial charge in [-0.1, -0.05) is 29.8 Å². The Morgan fingerprint density at radius 1 is 1.24 bits per heavy atom. The van der Waals surface area contributed by atoms with Crippen LogP contribution in [-0.4, -0.2) is 48.3 Å². The van der Waals surface area contributed by atoms with Crippen molar-refractivity contribution in [3.63, 3.8) is 0 Å². The predicted molar refractivity (Wildman–Crippen MR) is 117 cm³/mol. The standard InChI is InChI=1S/C24H31N3O2/c1-16(2)26(5)15-24(28)27-23(19-8-7-9-20(13-19)29-6)14-22(25-27)21-12-17(3)10-11-18(21)4/h7-13,16,23H,14-15H2,1-6H3/t23-/m0/s1. The fraction of sp³-hybridized carbons (Fsp3) is 0.417. The topological polar surface area (TPSA) is 45.1 Å². The largest absolute Gasteiger partial charge is 0.497 e. The molecule has 0 aromatic heterocycles. The van der Waals surface area contributed by atoms with Crippen molar-refractivity contribution in [3.8, 4) is 5.75 Å². The number of hydrogen-bond donors (Lipinski definition) is 0. The Hall–Kier alpha value is -2.66. The Morgan fingerprint density at radius 2 is 2.00 bits per heavy atom. The van der Waals surface area contributed by atoms with Gasteiger partial charge in [-0.15, -0.1) is 0 Å². The molecule has 0 radical (unpaired) electrons. The molecule has 0 N–H and O–H groups in total. The number of rotatable bonds is 6. The van der Waals surface area contributed by atoms with Crippen molar-refractivity contribution in [2.75, 3.05) is 20.7 Å². The molecule has 0 aliphatic carbocycles. The predicted octanol–water partition coefficient (Wildman–Crippen LogP) is 4.33. The average molecular weight is 394 g/mol. The molecule has 0 unspecified atom stereocenters. The molecule has 1 aliphatic heterocycles. The van der Waals surface area contributed by atoms with E-state index in [0.717, 1.165) is 22.6 Å². The maximum absolute atomic E-state index is 13.2. The minimum Gasteiger partial charge on any atom is -0.497 e. The summed E-state index contributed by atoms with van der Waals surface area (Å²) in [4.78, 5) is 15.2. The van der Waals surface area contributed by atoms with E-state index in [1.54, 1.807) is 12.1 Å². The lowest BCUT2D eigenvalue weighted by molar-refractivity contribution is -0.134. The Balaban J connectivity index is 1.98. The van der Waals surface area contributed by atoms with Crippen LogP contribution in [0.2, 0.25) is 0 Å². The number of likely N-dealkylation sites (N-methyl/N-ethyl adjacent to an activating group) is 1. The number of amides is 1. The Bertz CT molecular complexity index is 920. The molecular weight excluding hydrogens is 362 g/mol. The zero-order valence-corrected chi connectivity index (χ0v) is 18.3. The van der Waals surface area contributed by atoms with Crippen LogP contribution in [0.5, 0.6) is 5.75 Å². The first-order valence-electron chi connectivity index (χ1n) is 10.1. The quantitative estimate of drug-likeness (QED) is 0.734. The second-order valence-corrected chi connectivity index (χ2v) is 8.11. The van der Waals surface area contributed by atoms with E-state index in [0.29, 0.717) is 19.0 Å². The molecule has 1 heterocycles. The van der Waals surface area contributed by atoms with Gasteiger partial charge < -0.3 is 4.74 Å². The van der Waals surface area contributed by atoms with E-state index in [1.165, 1.54) is 11.1 Å². The summed E-state index contributed by atoms with van der Waals surface area (Å²) in [7, 11) is 3.63. The molecule has 5 heteroatoms. The molecule has 2 aromatic carbocycles. The summed E-state index contributed by atoms with van der Waals surface area (Å²) in [6.07, 6.45) is 0.689. The van der Waals surface area contributed by atoms with Crippen molar-refractivity contribution in [2.24, 2.45) is 5.10 Å². The van der Waals surface area contributed by atoms with Crippen LogP contribution in [0.4, 0.5) is 0 Å². The van der Waals surface area contributed by atoms with Crippen molar-refractivity contribution in [2.45, 2.75) is 46.2 Å². The zero-order valence-electron chi connectivity index (χ0n) is 18.3. The lowest BCUT2D eigenvalue weighted by Gasteiger charge is -2.26. The summed E-state index contributed by atoms with van der Waals surface area (Å²) in [6.45, 7) is 8.68. The van der Waals surface area contributed by atoms with Crippen molar-refractivity contribution in [3.05, 3.63) is 64.7 Å². The number of ether oxygens (including phenoxy) is 1. The summed E-state index contributed by atoms with van der Waals surface area (Å²) in [5, 5.41) is 6.49. The molecule has 2 aromatic rings. The molecule has 29 heavy (non-hydrogen) atoms. The summed E-state index contributed by atoms with van der Waals surface area (Å²) in [5.74, 6) is 0.795. The normalized spacial score (nSPS) is 16.5. The molecule has 1 amide bonds. The van der Waals surface area contributed by atoms with Gasteiger partial charge in [-0.2, -0.15) is 5.10 Å². The fourth-order valence-electron chi connectivity index (χ4n) is 3.53. The van der Waals surface area contributed by atoms with Gasteiger partial charge in [0.15, 0.2) is 0 Å². The van der Waals surface area contributed by atoms with Gasteiger partial charge >= 0.3 is 0 Å². The Labute approximate surface area is 174 Å². The number of aryl methyl sites for hydroxylation is 2. The van der Waals surface area contributed by atoms with E-state index in [-0.39, 0.29) is 11.9 Å². The highest BCUT2D eigenvalue weighted by Gasteiger charge is 2.34. The number of nitrogens with zero attached hydrogens (tertiary/aromatic N) is 3. The first-order valence-corrected chi connectivity index (χ1v) is 10.1. The van der Waals surface area contributed by atoms with Gasteiger partial charge in [-0.25, -0.2) is 5.01 Å². The number of carbonyl (C=O) groups is 1. The van der Waals surface area contributed by atoms with Gasteiger partial charge in [0.2, 0.25) is 0 Å². The maximum Gasteiger partial charge on any atom is 0.257 e. The summed E-state index contributed by atoms with van der Waals surface area (Å²) in [5.41, 5.74) is 5.47. The molecule has 3 rings (SSSR count). The van der Waals surface area contributed by atoms with E-state index in [9.17, 15) is 4.79 Å². The molecule has 0 spiro atoms. The Kier molecular flexibility index (Phi) is 6.38. The van der Waals surface area contributed by atoms with Gasteiger partial charge in [0, 0.05) is 18.0 Å². The second-order valence-electron chi connectivity index (χ2n) is 8.11. The molecule has 1 atom stereocenters. The lowest BCUT2D eigenvalue weighted by Crippen LogP contribution is -2.39. The third kappa shape index (κ3) is 4.67. The first-order chi connectivity index (χ1) is 13.8. The molecule has 0 saturated heterocycles. The van der Waals surface area contributed by atoms with Crippen molar-refractivity contribution in [1.82, 2.24) is 9.91 Å². The highest BCUT2D eigenvalue weighted by Crippen LogP contribution is 2.35. The Morgan fingerprint density at radius 3 is 2.69 bits per heavy atom. The molecule has 0 saturated carbocycles. The minimum atomic E-state index is -0.131. The first kappa shape index (κ1) is 21.1. The number of carbonyl (C=O) groups excluding carboxylic acids is 1. The van der Waals surface area contributed by atoms with E-state index < -0.39 is 0 Å².